The predicted octanol–water partition coefficient (Wildman–Crippen LogP) is 10.9. The van der Waals surface area contributed by atoms with Gasteiger partial charge in [0.2, 0.25) is 11.8 Å². The van der Waals surface area contributed by atoms with Gasteiger partial charge in [-0.1, -0.05) is 133 Å². The number of hydrogen-bond acceptors (Lipinski definition) is 5. The normalized spacial score (nSPS) is 11.6. The van der Waals surface area contributed by atoms with E-state index in [-0.39, 0.29) is 0 Å². The minimum atomic E-state index is 0.543. The minimum absolute atomic E-state index is 0.543. The maximum Gasteiger partial charge on any atom is 0.238 e. The Balaban J connectivity index is 1.23. The van der Waals surface area contributed by atoms with Crippen molar-refractivity contribution >= 4 is 43.7 Å². The lowest BCUT2D eigenvalue weighted by molar-refractivity contribution is 0.623. The quantitative estimate of drug-likeness (QED) is 0.187. The smallest absolute Gasteiger partial charge is 0.238 e. The Hall–Kier alpha value is -6.92. The van der Waals surface area contributed by atoms with Gasteiger partial charge < -0.3 is 4.42 Å². The van der Waals surface area contributed by atoms with Crippen molar-refractivity contribution < 1.29 is 4.42 Å². The summed E-state index contributed by atoms with van der Waals surface area (Å²) in [7, 11) is 0. The average Bonchev–Trinajstić information content (AvgIpc) is 3.79. The molecule has 0 saturated carbocycles. The molecule has 10 rings (SSSR count). The molecule has 0 saturated heterocycles. The maximum atomic E-state index is 6.57. The molecule has 0 aliphatic rings. The first-order valence-corrected chi connectivity index (χ1v) is 16.6. The molecule has 3 aromatic heterocycles. The Kier molecular flexibility index (Phi) is 6.39. The van der Waals surface area contributed by atoms with Gasteiger partial charge in [-0.25, -0.2) is 9.97 Å². The van der Waals surface area contributed by atoms with Gasteiger partial charge in [0.05, 0.1) is 11.0 Å². The van der Waals surface area contributed by atoms with Crippen LogP contribution in [0.3, 0.4) is 0 Å². The molecule has 6 nitrogen and oxygen atoms in total. The minimum Gasteiger partial charge on any atom is -0.435 e. The molecule has 0 amide bonds. The number of fused-ring (bicyclic) bond motifs is 7. The molecule has 0 bridgehead atoms. The molecule has 0 aliphatic heterocycles. The Labute approximate surface area is 287 Å². The zero-order valence-electron chi connectivity index (χ0n) is 26.7. The lowest BCUT2D eigenvalue weighted by Crippen LogP contribution is -2.06. The zero-order valence-corrected chi connectivity index (χ0v) is 26.7. The monoisotopic (exact) mass is 641 g/mol. The van der Waals surface area contributed by atoms with Crippen LogP contribution in [0.25, 0.3) is 95.0 Å². The summed E-state index contributed by atoms with van der Waals surface area (Å²) in [5.41, 5.74) is 8.60. The highest BCUT2D eigenvalue weighted by molar-refractivity contribution is 6.26. The van der Waals surface area contributed by atoms with Crippen molar-refractivity contribution in [1.29, 1.82) is 0 Å². The summed E-state index contributed by atoms with van der Waals surface area (Å²) in [4.78, 5) is 20.2. The number of oxazole rings is 1. The van der Waals surface area contributed by atoms with Gasteiger partial charge in [0.25, 0.3) is 0 Å². The molecule has 6 heteroatoms. The SMILES string of the molecule is c1ccc(-c2ccc(-c3nc(-c4ccccc4)nc(-n4c5ccccc5c5c6c(ccc7nc(-c8ccccc8)oc76)ccc54)n3)cc2)cc1. The van der Waals surface area contributed by atoms with Crippen LogP contribution in [0, 0.1) is 0 Å². The highest BCUT2D eigenvalue weighted by Crippen LogP contribution is 2.41. The van der Waals surface area contributed by atoms with E-state index < -0.39 is 0 Å². The molecule has 50 heavy (non-hydrogen) atoms. The number of nitrogens with zero attached hydrogens (tertiary/aromatic N) is 5. The summed E-state index contributed by atoms with van der Waals surface area (Å²) in [5.74, 6) is 2.35. The fourth-order valence-electron chi connectivity index (χ4n) is 6.93. The van der Waals surface area contributed by atoms with Crippen LogP contribution in [-0.2, 0) is 0 Å². The highest BCUT2D eigenvalue weighted by atomic mass is 16.3. The summed E-state index contributed by atoms with van der Waals surface area (Å²) in [5, 5.41) is 4.23. The second kappa shape index (κ2) is 11.4. The van der Waals surface area contributed by atoms with Gasteiger partial charge in [0.1, 0.15) is 5.52 Å². The van der Waals surface area contributed by atoms with Gasteiger partial charge in [0, 0.05) is 32.8 Å². The third-order valence-electron chi connectivity index (χ3n) is 9.30. The summed E-state index contributed by atoms with van der Waals surface area (Å²) in [6.45, 7) is 0. The van der Waals surface area contributed by atoms with Gasteiger partial charge in [-0.15, -0.1) is 0 Å². The van der Waals surface area contributed by atoms with Crippen LogP contribution < -0.4 is 0 Å². The fraction of sp³-hybridized carbons (Fsp3) is 0. The van der Waals surface area contributed by atoms with E-state index in [9.17, 15) is 0 Å². The van der Waals surface area contributed by atoms with Crippen molar-refractivity contribution in [3.8, 4) is 51.3 Å². The van der Waals surface area contributed by atoms with E-state index in [2.05, 4.69) is 95.6 Å². The molecule has 0 radical (unpaired) electrons. The standard InChI is InChI=1S/C44H27N5O/c1-4-12-28(13-5-1)29-20-22-32(23-21-29)42-46-41(31-14-6-2-7-15-31)47-44(48-42)49-36-19-11-10-18-34(36)39-37(49)27-25-30-24-26-35-40(38(30)39)50-43(45-35)33-16-8-3-9-17-33/h1-27H. The summed E-state index contributed by atoms with van der Waals surface area (Å²) >= 11 is 0. The Bertz CT molecular complexity index is 2840. The molecule has 10 aromatic rings. The van der Waals surface area contributed by atoms with E-state index >= 15 is 0 Å². The summed E-state index contributed by atoms with van der Waals surface area (Å²) < 4.78 is 8.72. The van der Waals surface area contributed by atoms with E-state index in [0.29, 0.717) is 23.5 Å². The molecule has 0 unspecified atom stereocenters. The second-order valence-electron chi connectivity index (χ2n) is 12.3. The first kappa shape index (κ1) is 28.1. The number of aromatic nitrogens is 5. The topological polar surface area (TPSA) is 69.6 Å². The molecule has 0 N–H and O–H groups in total. The van der Waals surface area contributed by atoms with Crippen molar-refractivity contribution in [1.82, 2.24) is 24.5 Å². The van der Waals surface area contributed by atoms with Crippen molar-refractivity contribution in [3.63, 3.8) is 0 Å². The highest BCUT2D eigenvalue weighted by Gasteiger charge is 2.21. The number of para-hydroxylation sites is 1. The molecule has 234 valence electrons. The zero-order chi connectivity index (χ0) is 33.0. The number of rotatable bonds is 5. The van der Waals surface area contributed by atoms with Crippen LogP contribution in [0.1, 0.15) is 0 Å². The van der Waals surface area contributed by atoms with E-state index in [4.69, 9.17) is 24.4 Å². The first-order valence-electron chi connectivity index (χ1n) is 16.6. The van der Waals surface area contributed by atoms with Crippen LogP contribution in [0.15, 0.2) is 168 Å². The van der Waals surface area contributed by atoms with Gasteiger partial charge in [-0.2, -0.15) is 9.97 Å². The lowest BCUT2D eigenvalue weighted by Gasteiger charge is -2.11. The molecular weight excluding hydrogens is 615 g/mol. The maximum absolute atomic E-state index is 6.57. The van der Waals surface area contributed by atoms with Crippen molar-refractivity contribution in [3.05, 3.63) is 164 Å². The molecule has 0 aliphatic carbocycles. The molecule has 0 atom stereocenters. The molecular formula is C44H27N5O. The van der Waals surface area contributed by atoms with Gasteiger partial charge >= 0.3 is 0 Å². The van der Waals surface area contributed by atoms with Crippen molar-refractivity contribution in [2.75, 3.05) is 0 Å². The Morgan fingerprint density at radius 1 is 0.400 bits per heavy atom. The lowest BCUT2D eigenvalue weighted by atomic mass is 10.0. The number of benzene rings is 7. The van der Waals surface area contributed by atoms with Gasteiger partial charge in [-0.3, -0.25) is 4.57 Å². The largest absolute Gasteiger partial charge is 0.435 e. The van der Waals surface area contributed by atoms with E-state index in [1.165, 1.54) is 0 Å². The third-order valence-corrected chi connectivity index (χ3v) is 9.30. The van der Waals surface area contributed by atoms with Crippen LogP contribution in [0.2, 0.25) is 0 Å². The van der Waals surface area contributed by atoms with E-state index in [1.54, 1.807) is 0 Å². The van der Waals surface area contributed by atoms with Crippen LogP contribution in [0.5, 0.6) is 0 Å². The summed E-state index contributed by atoms with van der Waals surface area (Å²) in [6.07, 6.45) is 0. The molecule has 0 spiro atoms. The molecule has 7 aromatic carbocycles. The van der Waals surface area contributed by atoms with Crippen LogP contribution >= 0.6 is 0 Å². The van der Waals surface area contributed by atoms with Gasteiger partial charge in [0.15, 0.2) is 17.2 Å². The average molecular weight is 642 g/mol. The third kappa shape index (κ3) is 4.58. The van der Waals surface area contributed by atoms with Crippen molar-refractivity contribution in [2.24, 2.45) is 0 Å². The van der Waals surface area contributed by atoms with Crippen LogP contribution in [0.4, 0.5) is 0 Å². The molecule has 0 fully saturated rings. The molecule has 3 heterocycles. The Morgan fingerprint density at radius 3 is 1.68 bits per heavy atom. The fourth-order valence-corrected chi connectivity index (χ4v) is 6.93. The summed E-state index contributed by atoms with van der Waals surface area (Å²) in [6, 6.07) is 55.7. The predicted molar refractivity (Wildman–Crippen MR) is 201 cm³/mol. The van der Waals surface area contributed by atoms with E-state index in [0.717, 1.165) is 71.5 Å². The van der Waals surface area contributed by atoms with Gasteiger partial charge in [-0.05, 0) is 46.8 Å². The number of hydrogen-bond donors (Lipinski definition) is 0. The first-order chi connectivity index (χ1) is 24.8. The van der Waals surface area contributed by atoms with Crippen LogP contribution in [-0.4, -0.2) is 24.5 Å². The Morgan fingerprint density at radius 2 is 0.960 bits per heavy atom. The second-order valence-corrected chi connectivity index (χ2v) is 12.3. The van der Waals surface area contributed by atoms with E-state index in [1.807, 2.05) is 72.8 Å². The van der Waals surface area contributed by atoms with Crippen molar-refractivity contribution in [2.45, 2.75) is 0 Å².